The van der Waals surface area contributed by atoms with E-state index in [-0.39, 0.29) is 16.8 Å². The Hall–Kier alpha value is -2.11. The zero-order valence-corrected chi connectivity index (χ0v) is 15.6. The van der Waals surface area contributed by atoms with E-state index in [1.54, 1.807) is 36.4 Å². The summed E-state index contributed by atoms with van der Waals surface area (Å²) >= 11 is 6.06. The molecule has 132 valence electrons. The zero-order chi connectivity index (χ0) is 18.4. The molecule has 1 amide bonds. The normalized spacial score (nSPS) is 12.9. The minimum atomic E-state index is -3.23. The molecule has 0 unspecified atom stereocenters. The molecule has 0 bridgehead atoms. The molecule has 0 aliphatic carbocycles. The molecule has 2 aromatic rings. The third-order valence-electron chi connectivity index (χ3n) is 3.75. The smallest absolute Gasteiger partial charge is 0.244 e. The van der Waals surface area contributed by atoms with Crippen molar-refractivity contribution in [1.29, 1.82) is 0 Å². The average Bonchev–Trinajstić information content (AvgIpc) is 2.58. The fourth-order valence-corrected chi connectivity index (χ4v) is 3.19. The molecule has 0 saturated carbocycles. The number of carbonyl (C=O) groups excluding carboxylic acids is 1. The Bertz CT molecular complexity index is 874. The van der Waals surface area contributed by atoms with Crippen molar-refractivity contribution < 1.29 is 13.2 Å². The molecule has 0 saturated heterocycles. The highest BCUT2D eigenvalue weighted by molar-refractivity contribution is 7.90. The Morgan fingerprint density at radius 1 is 1.16 bits per heavy atom. The van der Waals surface area contributed by atoms with Gasteiger partial charge in [-0.05, 0) is 41.8 Å². The molecule has 0 radical (unpaired) electrons. The van der Waals surface area contributed by atoms with Crippen molar-refractivity contribution in [2.24, 2.45) is 0 Å². The quantitative estimate of drug-likeness (QED) is 0.773. The molecule has 4 nitrogen and oxygen atoms in total. The fourth-order valence-electron chi connectivity index (χ4n) is 2.36. The van der Waals surface area contributed by atoms with Crippen molar-refractivity contribution >= 4 is 33.4 Å². The van der Waals surface area contributed by atoms with Crippen LogP contribution < -0.4 is 5.32 Å². The highest BCUT2D eigenvalue weighted by Crippen LogP contribution is 2.20. The molecule has 0 spiro atoms. The summed E-state index contributed by atoms with van der Waals surface area (Å²) in [6.45, 7) is 1.95. The van der Waals surface area contributed by atoms with E-state index < -0.39 is 9.84 Å². The summed E-state index contributed by atoms with van der Waals surface area (Å²) in [5.41, 5.74) is 1.62. The van der Waals surface area contributed by atoms with E-state index in [2.05, 4.69) is 5.32 Å². The largest absolute Gasteiger partial charge is 0.346 e. The standard InChI is InChI=1S/C19H20ClNO3S/c1-3-18(15-8-11-16(12-9-15)25(2,23)24)21-19(22)13-10-14-6-4-5-7-17(14)20/h4-13,18H,3H2,1-2H3,(H,21,22)/b13-10+/t18-/m0/s1. The summed E-state index contributed by atoms with van der Waals surface area (Å²) in [7, 11) is -3.23. The summed E-state index contributed by atoms with van der Waals surface area (Å²) in [5.74, 6) is -0.237. The topological polar surface area (TPSA) is 63.2 Å². The molecule has 1 atom stereocenters. The van der Waals surface area contributed by atoms with E-state index in [1.165, 1.54) is 12.3 Å². The third-order valence-corrected chi connectivity index (χ3v) is 5.23. The predicted octanol–water partition coefficient (Wildman–Crippen LogP) is 4.02. The van der Waals surface area contributed by atoms with Crippen molar-refractivity contribution in [3.05, 3.63) is 70.8 Å². The zero-order valence-electron chi connectivity index (χ0n) is 14.1. The molecule has 2 rings (SSSR count). The molecule has 0 aliphatic rings. The molecule has 25 heavy (non-hydrogen) atoms. The summed E-state index contributed by atoms with van der Waals surface area (Å²) in [6.07, 6.45) is 4.95. The lowest BCUT2D eigenvalue weighted by atomic mass is 10.0. The second-order valence-electron chi connectivity index (χ2n) is 5.67. The van der Waals surface area contributed by atoms with Gasteiger partial charge in [0.15, 0.2) is 9.84 Å². The Kier molecular flexibility index (Phi) is 6.39. The van der Waals surface area contributed by atoms with Gasteiger partial charge in [0.1, 0.15) is 0 Å². The molecule has 6 heteroatoms. The highest BCUT2D eigenvalue weighted by Gasteiger charge is 2.13. The number of halogens is 1. The number of benzene rings is 2. The van der Waals surface area contributed by atoms with Crippen LogP contribution in [-0.4, -0.2) is 20.6 Å². The Morgan fingerprint density at radius 2 is 1.80 bits per heavy atom. The number of sulfone groups is 1. The Balaban J connectivity index is 2.08. The van der Waals surface area contributed by atoms with Crippen LogP contribution >= 0.6 is 11.6 Å². The monoisotopic (exact) mass is 377 g/mol. The fraction of sp³-hybridized carbons (Fsp3) is 0.211. The van der Waals surface area contributed by atoms with Crippen LogP contribution in [0.1, 0.15) is 30.5 Å². The number of hydrogen-bond acceptors (Lipinski definition) is 3. The third kappa shape index (κ3) is 5.44. The van der Waals surface area contributed by atoms with Gasteiger partial charge < -0.3 is 5.32 Å². The summed E-state index contributed by atoms with van der Waals surface area (Å²) < 4.78 is 23.0. The minimum Gasteiger partial charge on any atom is -0.346 e. The first-order chi connectivity index (χ1) is 11.8. The lowest BCUT2D eigenvalue weighted by molar-refractivity contribution is -0.117. The lowest BCUT2D eigenvalue weighted by Crippen LogP contribution is -2.26. The maximum Gasteiger partial charge on any atom is 0.244 e. The van der Waals surface area contributed by atoms with E-state index in [0.29, 0.717) is 11.4 Å². The van der Waals surface area contributed by atoms with Crippen LogP contribution in [0.15, 0.2) is 59.5 Å². The first kappa shape index (κ1) is 19.2. The van der Waals surface area contributed by atoms with Crippen molar-refractivity contribution in [2.75, 3.05) is 6.26 Å². The van der Waals surface area contributed by atoms with E-state index in [1.807, 2.05) is 25.1 Å². The van der Waals surface area contributed by atoms with E-state index in [0.717, 1.165) is 11.1 Å². The molecule has 0 aliphatic heterocycles. The molecular formula is C19H20ClNO3S. The minimum absolute atomic E-state index is 0.197. The van der Waals surface area contributed by atoms with Crippen LogP contribution in [0.25, 0.3) is 6.08 Å². The van der Waals surface area contributed by atoms with E-state index in [9.17, 15) is 13.2 Å². The van der Waals surface area contributed by atoms with Gasteiger partial charge >= 0.3 is 0 Å². The SMILES string of the molecule is CC[C@H](NC(=O)/C=C/c1ccccc1Cl)c1ccc(S(C)(=O)=O)cc1. The number of hydrogen-bond donors (Lipinski definition) is 1. The summed E-state index contributed by atoms with van der Waals surface area (Å²) in [6, 6.07) is 13.6. The van der Waals surface area contributed by atoms with Crippen LogP contribution in [0, 0.1) is 0 Å². The molecule has 2 aromatic carbocycles. The number of rotatable bonds is 6. The second-order valence-corrected chi connectivity index (χ2v) is 8.09. The van der Waals surface area contributed by atoms with Crippen molar-refractivity contribution in [1.82, 2.24) is 5.32 Å². The van der Waals surface area contributed by atoms with Gasteiger partial charge in [-0.25, -0.2) is 8.42 Å². The molecule has 1 N–H and O–H groups in total. The second kappa shape index (κ2) is 8.32. The number of nitrogens with one attached hydrogen (secondary N) is 1. The van der Waals surface area contributed by atoms with Crippen molar-refractivity contribution in [3.8, 4) is 0 Å². The van der Waals surface area contributed by atoms with Gasteiger partial charge in [-0.15, -0.1) is 0 Å². The number of amides is 1. The van der Waals surface area contributed by atoms with Crippen LogP contribution in [0.2, 0.25) is 5.02 Å². The highest BCUT2D eigenvalue weighted by atomic mass is 35.5. The average molecular weight is 378 g/mol. The van der Waals surface area contributed by atoms with Crippen LogP contribution in [0.5, 0.6) is 0 Å². The van der Waals surface area contributed by atoms with Gasteiger partial charge in [0, 0.05) is 17.4 Å². The van der Waals surface area contributed by atoms with Gasteiger partial charge in [-0.3, -0.25) is 4.79 Å². The van der Waals surface area contributed by atoms with Crippen LogP contribution in [-0.2, 0) is 14.6 Å². The molecule has 0 fully saturated rings. The van der Waals surface area contributed by atoms with Gasteiger partial charge in [0.05, 0.1) is 10.9 Å². The van der Waals surface area contributed by atoms with E-state index >= 15 is 0 Å². The first-order valence-electron chi connectivity index (χ1n) is 7.84. The van der Waals surface area contributed by atoms with Gasteiger partial charge in [-0.1, -0.05) is 48.9 Å². The summed E-state index contributed by atoms with van der Waals surface area (Å²) in [5, 5.41) is 3.49. The van der Waals surface area contributed by atoms with Gasteiger partial charge in [-0.2, -0.15) is 0 Å². The Labute approximate surface area is 153 Å². The maximum atomic E-state index is 12.2. The Morgan fingerprint density at radius 3 is 2.36 bits per heavy atom. The van der Waals surface area contributed by atoms with Crippen LogP contribution in [0.3, 0.4) is 0 Å². The summed E-state index contributed by atoms with van der Waals surface area (Å²) in [4.78, 5) is 12.4. The number of carbonyl (C=O) groups is 1. The maximum absolute atomic E-state index is 12.2. The molecule has 0 aromatic heterocycles. The van der Waals surface area contributed by atoms with Crippen molar-refractivity contribution in [2.45, 2.75) is 24.3 Å². The van der Waals surface area contributed by atoms with Gasteiger partial charge in [0.2, 0.25) is 5.91 Å². The van der Waals surface area contributed by atoms with Gasteiger partial charge in [0.25, 0.3) is 0 Å². The van der Waals surface area contributed by atoms with Crippen LogP contribution in [0.4, 0.5) is 0 Å². The molecule has 0 heterocycles. The first-order valence-corrected chi connectivity index (χ1v) is 10.1. The lowest BCUT2D eigenvalue weighted by Gasteiger charge is -2.16. The van der Waals surface area contributed by atoms with E-state index in [4.69, 9.17) is 11.6 Å². The van der Waals surface area contributed by atoms with Crippen molar-refractivity contribution in [3.63, 3.8) is 0 Å². The predicted molar refractivity (Wildman–Crippen MR) is 101 cm³/mol. The molecular weight excluding hydrogens is 358 g/mol.